The average molecular weight is 234 g/mol. The number of hydrogen-bond donors (Lipinski definition) is 0. The van der Waals surface area contributed by atoms with E-state index in [0.717, 1.165) is 11.0 Å². The fourth-order valence-electron chi connectivity index (χ4n) is 1.74. The van der Waals surface area contributed by atoms with Crippen LogP contribution in [0, 0.1) is 0 Å². The molecule has 2 aromatic rings. The Bertz CT molecular complexity index is 560. The van der Waals surface area contributed by atoms with Crippen molar-refractivity contribution in [3.63, 3.8) is 0 Å². The molecule has 0 unspecified atom stereocenters. The van der Waals surface area contributed by atoms with Gasteiger partial charge in [-0.3, -0.25) is 0 Å². The molecule has 0 saturated carbocycles. The van der Waals surface area contributed by atoms with Gasteiger partial charge in [-0.05, 0) is 19.1 Å². The second-order valence-corrected chi connectivity index (χ2v) is 3.62. The van der Waals surface area contributed by atoms with E-state index in [1.165, 1.54) is 0 Å². The van der Waals surface area contributed by atoms with Crippen LogP contribution < -0.4 is 4.74 Å². The van der Waals surface area contributed by atoms with Crippen LogP contribution in [0.4, 0.5) is 0 Å². The summed E-state index contributed by atoms with van der Waals surface area (Å²) in [6.45, 7) is 2.12. The number of methoxy groups -OCH3 is 1. The van der Waals surface area contributed by atoms with E-state index in [1.807, 2.05) is 11.6 Å². The molecular weight excluding hydrogens is 220 g/mol. The lowest BCUT2D eigenvalue weighted by Crippen LogP contribution is -2.05. The molecule has 0 aliphatic heterocycles. The quantitative estimate of drug-likeness (QED) is 0.759. The minimum atomic E-state index is -0.363. The molecule has 0 aliphatic carbocycles. The van der Waals surface area contributed by atoms with Crippen LogP contribution in [0.15, 0.2) is 18.5 Å². The summed E-state index contributed by atoms with van der Waals surface area (Å²) in [5.41, 5.74) is 2.03. The summed E-state index contributed by atoms with van der Waals surface area (Å²) >= 11 is 0. The standard InChI is InChI=1S/C12H14N2O3/c1-4-17-12(15)8-5-9-11(10(6-8)16-3)14(2)7-13-9/h5-7H,4H2,1-3H3. The minimum Gasteiger partial charge on any atom is -0.494 e. The van der Waals surface area contributed by atoms with Crippen molar-refractivity contribution in [2.75, 3.05) is 13.7 Å². The molecule has 1 aromatic carbocycles. The zero-order valence-corrected chi connectivity index (χ0v) is 10.1. The van der Waals surface area contributed by atoms with Crippen LogP contribution in [0.1, 0.15) is 17.3 Å². The number of esters is 1. The molecule has 5 heteroatoms. The first-order valence-corrected chi connectivity index (χ1v) is 5.33. The summed E-state index contributed by atoms with van der Waals surface area (Å²) in [4.78, 5) is 15.9. The molecule has 0 atom stereocenters. The lowest BCUT2D eigenvalue weighted by Gasteiger charge is -2.07. The highest BCUT2D eigenvalue weighted by atomic mass is 16.5. The monoisotopic (exact) mass is 234 g/mol. The second-order valence-electron chi connectivity index (χ2n) is 3.62. The molecule has 17 heavy (non-hydrogen) atoms. The number of imidazole rings is 1. The molecule has 0 aliphatic rings. The van der Waals surface area contributed by atoms with Gasteiger partial charge in [-0.25, -0.2) is 9.78 Å². The first kappa shape index (κ1) is 11.4. The Labute approximate surface area is 99.0 Å². The molecule has 0 bridgehead atoms. The van der Waals surface area contributed by atoms with Crippen molar-refractivity contribution in [3.8, 4) is 5.75 Å². The number of carbonyl (C=O) groups excluding carboxylic acids is 1. The predicted molar refractivity (Wildman–Crippen MR) is 63.2 cm³/mol. The summed E-state index contributed by atoms with van der Waals surface area (Å²) in [5, 5.41) is 0. The van der Waals surface area contributed by atoms with Crippen LogP contribution >= 0.6 is 0 Å². The normalized spacial score (nSPS) is 10.5. The van der Waals surface area contributed by atoms with Crippen LogP contribution in [0.5, 0.6) is 5.75 Å². The first-order valence-electron chi connectivity index (χ1n) is 5.33. The van der Waals surface area contributed by atoms with Crippen LogP contribution in [-0.4, -0.2) is 29.2 Å². The van der Waals surface area contributed by atoms with Crippen molar-refractivity contribution in [2.45, 2.75) is 6.92 Å². The third-order valence-electron chi connectivity index (χ3n) is 2.51. The molecule has 0 spiro atoms. The van der Waals surface area contributed by atoms with Gasteiger partial charge in [-0.1, -0.05) is 0 Å². The van der Waals surface area contributed by atoms with E-state index >= 15 is 0 Å². The van der Waals surface area contributed by atoms with Crippen molar-refractivity contribution in [1.82, 2.24) is 9.55 Å². The van der Waals surface area contributed by atoms with Gasteiger partial charge in [0.15, 0.2) is 0 Å². The summed E-state index contributed by atoms with van der Waals surface area (Å²) in [5.74, 6) is 0.254. The van der Waals surface area contributed by atoms with Gasteiger partial charge in [0.05, 0.1) is 31.1 Å². The van der Waals surface area contributed by atoms with Gasteiger partial charge in [0.2, 0.25) is 0 Å². The van der Waals surface area contributed by atoms with E-state index in [4.69, 9.17) is 9.47 Å². The van der Waals surface area contributed by atoms with Crippen molar-refractivity contribution < 1.29 is 14.3 Å². The predicted octanol–water partition coefficient (Wildman–Crippen LogP) is 1.76. The van der Waals surface area contributed by atoms with Gasteiger partial charge in [-0.2, -0.15) is 0 Å². The van der Waals surface area contributed by atoms with Crippen LogP contribution in [0.3, 0.4) is 0 Å². The van der Waals surface area contributed by atoms with Gasteiger partial charge >= 0.3 is 5.97 Å². The topological polar surface area (TPSA) is 53.4 Å². The van der Waals surface area contributed by atoms with E-state index in [9.17, 15) is 4.79 Å². The number of benzene rings is 1. The number of fused-ring (bicyclic) bond motifs is 1. The van der Waals surface area contributed by atoms with Gasteiger partial charge in [0.1, 0.15) is 11.3 Å². The fourth-order valence-corrected chi connectivity index (χ4v) is 1.74. The van der Waals surface area contributed by atoms with E-state index in [2.05, 4.69) is 4.98 Å². The zero-order valence-electron chi connectivity index (χ0n) is 10.1. The Balaban J connectivity index is 2.57. The van der Waals surface area contributed by atoms with Crippen LogP contribution in [0.25, 0.3) is 11.0 Å². The third kappa shape index (κ3) is 1.95. The first-order chi connectivity index (χ1) is 8.17. The summed E-state index contributed by atoms with van der Waals surface area (Å²) in [7, 11) is 3.44. The number of rotatable bonds is 3. The highest BCUT2D eigenvalue weighted by Gasteiger charge is 2.14. The van der Waals surface area contributed by atoms with Crippen LogP contribution in [0.2, 0.25) is 0 Å². The molecule has 90 valence electrons. The molecule has 2 rings (SSSR count). The number of ether oxygens (including phenoxy) is 2. The summed E-state index contributed by atoms with van der Waals surface area (Å²) in [6.07, 6.45) is 1.68. The Kier molecular flexibility index (Phi) is 2.99. The van der Waals surface area contributed by atoms with Gasteiger partial charge < -0.3 is 14.0 Å². The Morgan fingerprint density at radius 1 is 1.47 bits per heavy atom. The lowest BCUT2D eigenvalue weighted by molar-refractivity contribution is 0.0526. The molecule has 0 N–H and O–H groups in total. The van der Waals surface area contributed by atoms with Gasteiger partial charge in [0.25, 0.3) is 0 Å². The van der Waals surface area contributed by atoms with Crippen molar-refractivity contribution >= 4 is 17.0 Å². The zero-order chi connectivity index (χ0) is 12.4. The van der Waals surface area contributed by atoms with E-state index < -0.39 is 0 Å². The molecule has 1 aromatic heterocycles. The van der Waals surface area contributed by atoms with Crippen molar-refractivity contribution in [3.05, 3.63) is 24.0 Å². The Hall–Kier alpha value is -2.04. The van der Waals surface area contributed by atoms with Gasteiger partial charge in [-0.15, -0.1) is 0 Å². The summed E-state index contributed by atoms with van der Waals surface area (Å²) in [6, 6.07) is 3.37. The number of hydrogen-bond acceptors (Lipinski definition) is 4. The number of aryl methyl sites for hydroxylation is 1. The highest BCUT2D eigenvalue weighted by molar-refractivity contribution is 5.96. The van der Waals surface area contributed by atoms with Gasteiger partial charge in [0, 0.05) is 7.05 Å². The fraction of sp³-hybridized carbons (Fsp3) is 0.333. The number of aromatic nitrogens is 2. The number of nitrogens with zero attached hydrogens (tertiary/aromatic N) is 2. The minimum absolute atomic E-state index is 0.349. The molecular formula is C12H14N2O3. The smallest absolute Gasteiger partial charge is 0.338 e. The van der Waals surface area contributed by atoms with Crippen LogP contribution in [-0.2, 0) is 11.8 Å². The number of carbonyl (C=O) groups is 1. The van der Waals surface area contributed by atoms with Crippen molar-refractivity contribution in [2.24, 2.45) is 7.05 Å². The highest BCUT2D eigenvalue weighted by Crippen LogP contribution is 2.26. The summed E-state index contributed by atoms with van der Waals surface area (Å²) < 4.78 is 12.1. The molecule has 0 radical (unpaired) electrons. The Morgan fingerprint density at radius 3 is 2.88 bits per heavy atom. The maximum atomic E-state index is 11.7. The third-order valence-corrected chi connectivity index (χ3v) is 2.51. The maximum Gasteiger partial charge on any atom is 0.338 e. The van der Waals surface area contributed by atoms with E-state index in [0.29, 0.717) is 17.9 Å². The maximum absolute atomic E-state index is 11.7. The molecule has 0 fully saturated rings. The van der Waals surface area contributed by atoms with E-state index in [1.54, 1.807) is 32.5 Å². The molecule has 1 heterocycles. The Morgan fingerprint density at radius 2 is 2.24 bits per heavy atom. The second kappa shape index (κ2) is 4.45. The average Bonchev–Trinajstić information content (AvgIpc) is 2.70. The molecule has 0 amide bonds. The van der Waals surface area contributed by atoms with Crippen molar-refractivity contribution in [1.29, 1.82) is 0 Å². The lowest BCUT2D eigenvalue weighted by atomic mass is 10.2. The van der Waals surface area contributed by atoms with E-state index in [-0.39, 0.29) is 5.97 Å². The molecule has 5 nitrogen and oxygen atoms in total. The SMILES string of the molecule is CCOC(=O)c1cc(OC)c2c(c1)ncn2C. The molecule has 0 saturated heterocycles. The largest absolute Gasteiger partial charge is 0.494 e.